The third-order valence-electron chi connectivity index (χ3n) is 6.32. The van der Waals surface area contributed by atoms with Crippen molar-refractivity contribution in [3.05, 3.63) is 0 Å². The Hall–Kier alpha value is -1.07. The van der Waals surface area contributed by atoms with Gasteiger partial charge in [-0.05, 0) is 60.3 Å². The Labute approximate surface area is 277 Å². The maximum absolute atomic E-state index is 12.2. The Bertz CT molecular complexity index is 1240. The van der Waals surface area contributed by atoms with Crippen molar-refractivity contribution in [1.29, 1.82) is 0 Å². The molecular weight excluding hydrogens is 834 g/mol. The summed E-state index contributed by atoms with van der Waals surface area (Å²) in [6, 6.07) is 0. The minimum absolute atomic E-state index is 0.476. The van der Waals surface area contributed by atoms with Gasteiger partial charge >= 0.3 is 46.6 Å². The number of Topliss-reactive ketones (excluding diaryl/α,β-unsaturated/α-hetero) is 1. The Morgan fingerprint density at radius 3 is 0.840 bits per heavy atom. The molecule has 0 spiro atoms. The lowest BCUT2D eigenvalue weighted by molar-refractivity contribution is -0.382. The average Bonchev–Trinajstić information content (AvgIpc) is 2.92. The molecule has 2 saturated heterocycles. The van der Waals surface area contributed by atoms with Crippen molar-refractivity contribution in [3.63, 3.8) is 0 Å². The molecule has 300 valence electrons. The Morgan fingerprint density at radius 2 is 0.660 bits per heavy atom. The van der Waals surface area contributed by atoms with E-state index >= 15 is 0 Å². The van der Waals surface area contributed by atoms with E-state index in [4.69, 9.17) is 0 Å². The second-order valence-corrected chi connectivity index (χ2v) is 17.7. The van der Waals surface area contributed by atoms with E-state index in [9.17, 15) is 110 Å². The van der Waals surface area contributed by atoms with Gasteiger partial charge in [0.15, 0.2) is 31.7 Å². The monoisotopic (exact) mass is 858 g/mol. The minimum Gasteiger partial charge on any atom is -0.743 e. The van der Waals surface area contributed by atoms with Gasteiger partial charge in [0.1, 0.15) is 23.0 Å². The molecule has 29 heteroatoms. The van der Waals surface area contributed by atoms with E-state index in [1.165, 1.54) is 61.5 Å². The molecule has 0 aromatic heterocycles. The molecule has 0 saturated carbocycles. The van der Waals surface area contributed by atoms with Crippen molar-refractivity contribution in [2.24, 2.45) is 0 Å². The standard InChI is InChI=1S/C13H24OS2.2C4HF9O3S/c14-13(11-15-7-3-1-4-8-15)12-16-9-5-2-6-10-16;2*5-1(6,3(9,10)11)2(7,8)4(12,13)17(14,15)16/h1-12H2;2*(H,14,15,16)/q+2;;/p-2. The first kappa shape index (κ1) is 48.9. The molecule has 0 aliphatic carbocycles. The number of hydrogen-bond donors (Lipinski definition) is 0. The van der Waals surface area contributed by atoms with Gasteiger partial charge in [0.2, 0.25) is 5.78 Å². The van der Waals surface area contributed by atoms with Gasteiger partial charge in [0.25, 0.3) is 0 Å². The normalized spacial score (nSPS) is 18.8. The quantitative estimate of drug-likeness (QED) is 0.148. The predicted molar refractivity (Wildman–Crippen MR) is 138 cm³/mol. The lowest BCUT2D eigenvalue weighted by Gasteiger charge is -2.34. The Kier molecular flexibility index (Phi) is 16.2. The van der Waals surface area contributed by atoms with E-state index in [2.05, 4.69) is 0 Å². The maximum atomic E-state index is 12.2. The lowest BCUT2D eigenvalue weighted by atomic mass is 10.1. The molecule has 2 heterocycles. The molecule has 0 aromatic carbocycles. The number of rotatable bonds is 10. The summed E-state index contributed by atoms with van der Waals surface area (Å²) in [6.07, 6.45) is -6.01. The molecule has 2 rings (SSSR count). The van der Waals surface area contributed by atoms with Crippen molar-refractivity contribution in [1.82, 2.24) is 0 Å². The van der Waals surface area contributed by atoms with E-state index in [0.29, 0.717) is 27.6 Å². The van der Waals surface area contributed by atoms with Gasteiger partial charge in [0.05, 0.1) is 0 Å². The number of alkyl halides is 18. The summed E-state index contributed by atoms with van der Waals surface area (Å²) in [5.41, 5.74) is 0. The molecule has 0 bridgehead atoms. The van der Waals surface area contributed by atoms with Crippen molar-refractivity contribution < 1.29 is 110 Å². The Morgan fingerprint density at radius 1 is 0.440 bits per heavy atom. The molecule has 2 fully saturated rings. The van der Waals surface area contributed by atoms with Crippen LogP contribution in [0.4, 0.5) is 79.0 Å². The van der Waals surface area contributed by atoms with Crippen molar-refractivity contribution in [3.8, 4) is 0 Å². The second-order valence-electron chi connectivity index (χ2n) is 10.2. The van der Waals surface area contributed by atoms with E-state index < -0.39 is 66.8 Å². The SMILES string of the molecule is O=C(C[S+]1CCCCC1)C[S+]1CCCCC1.O=S(=O)([O-])C(F)(F)C(F)(F)C(F)(F)C(F)(F)F.O=S(=O)([O-])C(F)(F)C(F)(F)C(F)(F)C(F)(F)F. The fourth-order valence-electron chi connectivity index (χ4n) is 3.60. The van der Waals surface area contributed by atoms with Crippen LogP contribution >= 0.6 is 0 Å². The van der Waals surface area contributed by atoms with Gasteiger partial charge in [-0.3, -0.25) is 4.79 Å². The largest absolute Gasteiger partial charge is 0.743 e. The predicted octanol–water partition coefficient (Wildman–Crippen LogP) is 6.07. The number of ketones is 1. The van der Waals surface area contributed by atoms with Crippen LogP contribution in [-0.4, -0.2) is 113 Å². The van der Waals surface area contributed by atoms with Gasteiger partial charge in [-0.2, -0.15) is 79.0 Å². The van der Waals surface area contributed by atoms with Gasteiger partial charge in [-0.25, -0.2) is 16.8 Å². The zero-order chi connectivity index (χ0) is 40.2. The third-order valence-corrected chi connectivity index (χ3v) is 13.0. The molecule has 0 N–H and O–H groups in total. The van der Waals surface area contributed by atoms with Crippen LogP contribution in [0.25, 0.3) is 0 Å². The minimum atomic E-state index is -7.43. The molecule has 0 unspecified atom stereocenters. The smallest absolute Gasteiger partial charge is 0.460 e. The molecule has 50 heavy (non-hydrogen) atoms. The number of hydrogen-bond acceptors (Lipinski definition) is 7. The summed E-state index contributed by atoms with van der Waals surface area (Å²) in [6.45, 7) is 0. The van der Waals surface area contributed by atoms with Crippen LogP contribution in [0.15, 0.2) is 0 Å². The summed E-state index contributed by atoms with van der Waals surface area (Å²) >= 11 is 0. The highest BCUT2D eigenvalue weighted by molar-refractivity contribution is 7.99. The molecule has 0 atom stereocenters. The summed E-state index contributed by atoms with van der Waals surface area (Å²) in [5.74, 6) is -21.8. The highest BCUT2D eigenvalue weighted by Crippen LogP contribution is 2.55. The molecule has 2 aliphatic heterocycles. The summed E-state index contributed by atoms with van der Waals surface area (Å²) in [7, 11) is -13.9. The van der Waals surface area contributed by atoms with Crippen LogP contribution in [0.5, 0.6) is 0 Å². The first-order chi connectivity index (χ1) is 21.8. The topological polar surface area (TPSA) is 131 Å². The molecule has 0 radical (unpaired) electrons. The van der Waals surface area contributed by atoms with Crippen molar-refractivity contribution in [2.45, 2.75) is 85.1 Å². The van der Waals surface area contributed by atoms with Crippen LogP contribution in [0.3, 0.4) is 0 Å². The van der Waals surface area contributed by atoms with E-state index in [1.807, 2.05) is 0 Å². The Balaban J connectivity index is 0.000000720. The second kappa shape index (κ2) is 16.5. The molecule has 2 aliphatic rings. The van der Waals surface area contributed by atoms with Crippen molar-refractivity contribution in [2.75, 3.05) is 34.5 Å². The van der Waals surface area contributed by atoms with Crippen LogP contribution < -0.4 is 0 Å². The zero-order valence-corrected chi connectivity index (χ0v) is 27.5. The van der Waals surface area contributed by atoms with Crippen molar-refractivity contribution >= 4 is 47.8 Å². The maximum Gasteiger partial charge on any atom is 0.460 e. The first-order valence-corrected chi connectivity index (χ1v) is 19.2. The highest BCUT2D eigenvalue weighted by Gasteiger charge is 2.85. The molecule has 7 nitrogen and oxygen atoms in total. The van der Waals surface area contributed by atoms with Crippen LogP contribution in [-0.2, 0) is 46.8 Å². The summed E-state index contributed by atoms with van der Waals surface area (Å²) in [5, 5.41) is -14.2. The van der Waals surface area contributed by atoms with E-state index in [0.717, 1.165) is 11.5 Å². The molecular formula is C21H24F18O7S4. The fourth-order valence-corrected chi connectivity index (χ4v) is 9.17. The highest BCUT2D eigenvalue weighted by atomic mass is 32.2. The van der Waals surface area contributed by atoms with E-state index in [1.54, 1.807) is 0 Å². The van der Waals surface area contributed by atoms with Crippen LogP contribution in [0.2, 0.25) is 0 Å². The number of halogens is 18. The van der Waals surface area contributed by atoms with Gasteiger partial charge in [-0.1, -0.05) is 0 Å². The van der Waals surface area contributed by atoms with Crippen LogP contribution in [0.1, 0.15) is 38.5 Å². The van der Waals surface area contributed by atoms with Gasteiger partial charge in [0, 0.05) is 0 Å². The van der Waals surface area contributed by atoms with Gasteiger partial charge in [-0.15, -0.1) is 0 Å². The summed E-state index contributed by atoms with van der Waals surface area (Å²) in [4.78, 5) is 12.0. The first-order valence-electron chi connectivity index (χ1n) is 13.0. The lowest BCUT2D eigenvalue weighted by Crippen LogP contribution is -2.63. The summed E-state index contributed by atoms with van der Waals surface area (Å²) < 4.78 is 271. The van der Waals surface area contributed by atoms with E-state index in [-0.39, 0.29) is 0 Å². The zero-order valence-electron chi connectivity index (χ0n) is 24.3. The number of carbonyl (C=O) groups is 1. The number of carbonyl (C=O) groups excluding carboxylic acids is 1. The van der Waals surface area contributed by atoms with Crippen LogP contribution in [0, 0.1) is 0 Å². The fraction of sp³-hybridized carbons (Fsp3) is 0.952. The molecule has 0 aromatic rings. The average molecular weight is 859 g/mol. The molecule has 0 amide bonds. The van der Waals surface area contributed by atoms with Gasteiger partial charge < -0.3 is 9.11 Å². The third kappa shape index (κ3) is 11.0.